The summed E-state index contributed by atoms with van der Waals surface area (Å²) >= 11 is 11.6. The molecular formula is C22H23Cl2N3O6. The minimum absolute atomic E-state index is 0.00819. The first-order valence-electron chi connectivity index (χ1n) is 9.31. The maximum atomic E-state index is 11.9. The van der Waals surface area contributed by atoms with Crippen LogP contribution in [0.3, 0.4) is 0 Å². The first kappa shape index (κ1) is 27.8. The number of halogens is 2. The molecule has 0 saturated heterocycles. The summed E-state index contributed by atoms with van der Waals surface area (Å²) in [5.41, 5.74) is 1.92. The molecule has 11 heteroatoms. The molecule has 2 aliphatic carbocycles. The maximum absolute atomic E-state index is 11.9. The Labute approximate surface area is 200 Å². The number of carbonyl (C=O) groups is 5. The Morgan fingerprint density at radius 2 is 1.36 bits per heavy atom. The van der Waals surface area contributed by atoms with Crippen LogP contribution in [0.25, 0.3) is 0 Å². The largest absolute Gasteiger partial charge is 0.375 e. The van der Waals surface area contributed by atoms with E-state index in [1.54, 1.807) is 6.92 Å². The minimum atomic E-state index is -0.595. The van der Waals surface area contributed by atoms with Gasteiger partial charge in [0.05, 0.1) is 22.1 Å². The summed E-state index contributed by atoms with van der Waals surface area (Å²) in [7, 11) is 1.36. The van der Waals surface area contributed by atoms with E-state index in [1.165, 1.54) is 33.1 Å². The number of carbonyl (C=O) groups excluding carboxylic acids is 5. The number of hydrogen-bond acceptors (Lipinski definition) is 6. The molecule has 9 nitrogen and oxygen atoms in total. The molecule has 0 unspecified atom stereocenters. The lowest BCUT2D eigenvalue weighted by atomic mass is 9.99. The van der Waals surface area contributed by atoms with Crippen LogP contribution >= 0.6 is 23.2 Å². The van der Waals surface area contributed by atoms with Gasteiger partial charge in [-0.2, -0.15) is 0 Å². The number of ether oxygens (including phenoxy) is 1. The summed E-state index contributed by atoms with van der Waals surface area (Å²) in [4.78, 5) is 56.5. The van der Waals surface area contributed by atoms with Crippen molar-refractivity contribution in [3.8, 4) is 0 Å². The van der Waals surface area contributed by atoms with E-state index in [0.29, 0.717) is 16.7 Å². The van der Waals surface area contributed by atoms with Crippen molar-refractivity contribution in [3.63, 3.8) is 0 Å². The Morgan fingerprint density at radius 3 is 1.88 bits per heavy atom. The van der Waals surface area contributed by atoms with Gasteiger partial charge < -0.3 is 20.7 Å². The summed E-state index contributed by atoms with van der Waals surface area (Å²) in [5.74, 6) is -2.12. The van der Waals surface area contributed by atoms with Crippen LogP contribution in [-0.4, -0.2) is 43.0 Å². The van der Waals surface area contributed by atoms with Crippen molar-refractivity contribution >= 4 is 52.5 Å². The van der Waals surface area contributed by atoms with Crippen molar-refractivity contribution < 1.29 is 28.7 Å². The van der Waals surface area contributed by atoms with Crippen LogP contribution in [0.15, 0.2) is 69.2 Å². The second-order valence-corrected chi connectivity index (χ2v) is 7.55. The normalized spacial score (nSPS) is 15.9. The molecule has 0 aromatic heterocycles. The van der Waals surface area contributed by atoms with E-state index in [-0.39, 0.29) is 51.4 Å². The Morgan fingerprint density at radius 1 is 0.879 bits per heavy atom. The van der Waals surface area contributed by atoms with E-state index < -0.39 is 11.7 Å². The van der Waals surface area contributed by atoms with Gasteiger partial charge in [-0.05, 0) is 35.8 Å². The number of allylic oxidation sites excluding steroid dienone is 6. The van der Waals surface area contributed by atoms with E-state index in [1.807, 2.05) is 0 Å². The number of rotatable bonds is 5. The molecule has 2 aliphatic rings. The number of nitrogens with one attached hydrogen (secondary N) is 3. The molecule has 0 aromatic rings. The highest BCUT2D eigenvalue weighted by Gasteiger charge is 2.26. The highest BCUT2D eigenvalue weighted by atomic mass is 35.5. The van der Waals surface area contributed by atoms with Gasteiger partial charge in [-0.25, -0.2) is 0 Å². The van der Waals surface area contributed by atoms with Crippen molar-refractivity contribution in [1.29, 1.82) is 0 Å². The third-order valence-electron chi connectivity index (χ3n) is 4.04. The van der Waals surface area contributed by atoms with Crippen LogP contribution < -0.4 is 16.0 Å². The van der Waals surface area contributed by atoms with Crippen LogP contribution in [0.2, 0.25) is 0 Å². The van der Waals surface area contributed by atoms with E-state index in [4.69, 9.17) is 23.2 Å². The van der Waals surface area contributed by atoms with Crippen molar-refractivity contribution in [1.82, 2.24) is 16.0 Å². The van der Waals surface area contributed by atoms with Crippen LogP contribution in [-0.2, 0) is 28.7 Å². The fourth-order valence-corrected chi connectivity index (χ4v) is 2.96. The molecular weight excluding hydrogens is 473 g/mol. The fourth-order valence-electron chi connectivity index (χ4n) is 2.47. The fraction of sp³-hybridized carbons (Fsp3) is 0.227. The number of amides is 3. The molecule has 0 radical (unpaired) electrons. The molecule has 3 N–H and O–H groups in total. The highest BCUT2D eigenvalue weighted by Crippen LogP contribution is 2.26. The lowest BCUT2D eigenvalue weighted by molar-refractivity contribution is -0.125. The molecule has 2 rings (SSSR count). The van der Waals surface area contributed by atoms with Gasteiger partial charge in [0.15, 0.2) is 0 Å². The lowest BCUT2D eigenvalue weighted by Crippen LogP contribution is -2.34. The smallest absolute Gasteiger partial charge is 0.250 e. The second-order valence-electron chi connectivity index (χ2n) is 6.80. The van der Waals surface area contributed by atoms with Crippen LogP contribution in [0, 0.1) is 0 Å². The van der Waals surface area contributed by atoms with Crippen molar-refractivity contribution in [3.05, 3.63) is 69.2 Å². The zero-order chi connectivity index (χ0) is 25.5. The molecule has 3 amide bonds. The highest BCUT2D eigenvalue weighted by molar-refractivity contribution is 6.47. The molecule has 0 atom stereocenters. The summed E-state index contributed by atoms with van der Waals surface area (Å²) in [5, 5.41) is 7.10. The van der Waals surface area contributed by atoms with Crippen molar-refractivity contribution in [2.45, 2.75) is 20.8 Å². The van der Waals surface area contributed by atoms with Gasteiger partial charge >= 0.3 is 0 Å². The standard InChI is InChI=1S/C12H13ClN2O4.C10H10ClNO2/c1-6-4-8(15-9(17)5-19-3)12(18)10(13)11(6)14-7(2)16;1-5-4-8(12-7(3)13)10(14)9(11)6(5)2/h4H,1,5H2,2-3H3,(H,14,16)(H,15,17);4H,1H2,2-3H3,(H,12,13). The SMILES string of the molecule is C=C1C=C(NC(=O)COC)C(=O)C(Cl)=C1NC(C)=O.C=C1C=C(NC(C)=O)C(=O)C(Cl)=C1C. The van der Waals surface area contributed by atoms with E-state index in [0.717, 1.165) is 0 Å². The summed E-state index contributed by atoms with van der Waals surface area (Å²) in [6.07, 6.45) is 2.86. The zero-order valence-electron chi connectivity index (χ0n) is 18.5. The molecule has 0 heterocycles. The van der Waals surface area contributed by atoms with Gasteiger partial charge in [-0.15, -0.1) is 0 Å². The summed E-state index contributed by atoms with van der Waals surface area (Å²) in [6.45, 7) is 11.5. The number of methoxy groups -OCH3 is 1. The third-order valence-corrected chi connectivity index (χ3v) is 4.85. The second kappa shape index (κ2) is 12.1. The average Bonchev–Trinajstić information content (AvgIpc) is 2.72. The van der Waals surface area contributed by atoms with Crippen molar-refractivity contribution in [2.24, 2.45) is 0 Å². The molecule has 0 saturated carbocycles. The van der Waals surface area contributed by atoms with Gasteiger partial charge in [0, 0.05) is 21.0 Å². The summed E-state index contributed by atoms with van der Waals surface area (Å²) in [6, 6.07) is 0. The van der Waals surface area contributed by atoms with Crippen LogP contribution in [0.5, 0.6) is 0 Å². The molecule has 0 aliphatic heterocycles. The molecule has 0 bridgehead atoms. The van der Waals surface area contributed by atoms with Gasteiger partial charge in [-0.3, -0.25) is 24.0 Å². The predicted octanol–water partition coefficient (Wildman–Crippen LogP) is 2.02. The van der Waals surface area contributed by atoms with Crippen LogP contribution in [0.4, 0.5) is 0 Å². The summed E-state index contributed by atoms with van der Waals surface area (Å²) < 4.78 is 4.63. The average molecular weight is 496 g/mol. The Balaban J connectivity index is 0.000000346. The molecule has 33 heavy (non-hydrogen) atoms. The van der Waals surface area contributed by atoms with E-state index in [2.05, 4.69) is 33.8 Å². The van der Waals surface area contributed by atoms with Crippen LogP contribution in [0.1, 0.15) is 20.8 Å². The van der Waals surface area contributed by atoms with Gasteiger partial charge in [0.2, 0.25) is 29.3 Å². The Hall–Kier alpha value is -3.27. The van der Waals surface area contributed by atoms with Gasteiger partial charge in [-0.1, -0.05) is 36.4 Å². The zero-order valence-corrected chi connectivity index (χ0v) is 20.0. The molecule has 0 spiro atoms. The molecule has 176 valence electrons. The quantitative estimate of drug-likeness (QED) is 0.534. The lowest BCUT2D eigenvalue weighted by Gasteiger charge is -2.18. The Kier molecular flexibility index (Phi) is 10.2. The number of hydrogen-bond donors (Lipinski definition) is 3. The Bertz CT molecular complexity index is 1080. The molecule has 0 aromatic carbocycles. The van der Waals surface area contributed by atoms with Gasteiger partial charge in [0.25, 0.3) is 0 Å². The topological polar surface area (TPSA) is 131 Å². The number of Topliss-reactive ketones (excluding diaryl/α,β-unsaturated/α-hetero) is 2. The van der Waals surface area contributed by atoms with E-state index >= 15 is 0 Å². The minimum Gasteiger partial charge on any atom is -0.375 e. The predicted molar refractivity (Wildman–Crippen MR) is 124 cm³/mol. The van der Waals surface area contributed by atoms with Crippen molar-refractivity contribution in [2.75, 3.05) is 13.7 Å². The number of ketones is 2. The monoisotopic (exact) mass is 495 g/mol. The van der Waals surface area contributed by atoms with E-state index in [9.17, 15) is 24.0 Å². The third kappa shape index (κ3) is 7.67. The first-order valence-corrected chi connectivity index (χ1v) is 10.1. The maximum Gasteiger partial charge on any atom is 0.250 e. The molecule has 0 fully saturated rings. The van der Waals surface area contributed by atoms with Gasteiger partial charge in [0.1, 0.15) is 11.6 Å². The first-order chi connectivity index (χ1) is 15.3.